The number of aromatic amines is 1. The minimum absolute atomic E-state index is 0.0969. The van der Waals surface area contributed by atoms with Gasteiger partial charge in [0.15, 0.2) is 0 Å². The Kier molecular flexibility index (Phi) is 8.21. The van der Waals surface area contributed by atoms with Gasteiger partial charge in [-0.25, -0.2) is 15.0 Å². The lowest BCUT2D eigenvalue weighted by molar-refractivity contribution is -0.145. The van der Waals surface area contributed by atoms with Crippen molar-refractivity contribution in [2.45, 2.75) is 38.3 Å². The summed E-state index contributed by atoms with van der Waals surface area (Å²) in [5.74, 6) is 0.691. The number of carbonyl (C=O) groups excluding carboxylic acids is 2. The summed E-state index contributed by atoms with van der Waals surface area (Å²) in [7, 11) is 0. The van der Waals surface area contributed by atoms with Gasteiger partial charge in [-0.05, 0) is 55.2 Å². The molecule has 1 amide bonds. The zero-order valence-corrected chi connectivity index (χ0v) is 24.2. The monoisotopic (exact) mass is 602 g/mol. The molecule has 5 aromatic rings. The lowest BCUT2D eigenvalue weighted by atomic mass is 10.1. The van der Waals surface area contributed by atoms with E-state index in [-0.39, 0.29) is 24.9 Å². The summed E-state index contributed by atoms with van der Waals surface area (Å²) in [5, 5.41) is 5.00. The molecule has 42 heavy (non-hydrogen) atoms. The molecule has 3 heterocycles. The van der Waals surface area contributed by atoms with Crippen LogP contribution in [-0.4, -0.2) is 49.8 Å². The molecule has 1 unspecified atom stereocenters. The Balaban J connectivity index is 1.27. The molecular formula is C31H28Cl2N6O3. The number of H-pyrrole nitrogens is 1. The van der Waals surface area contributed by atoms with Crippen LogP contribution in [0.25, 0.3) is 21.9 Å². The number of rotatable bonds is 9. The summed E-state index contributed by atoms with van der Waals surface area (Å²) >= 11 is 12.8. The second-order valence-corrected chi connectivity index (χ2v) is 11.1. The van der Waals surface area contributed by atoms with E-state index in [4.69, 9.17) is 32.9 Å². The molecule has 2 aromatic heterocycles. The number of benzene rings is 3. The van der Waals surface area contributed by atoms with Crippen molar-refractivity contribution >= 4 is 62.8 Å². The number of nitrogens with one attached hydrogen (secondary N) is 2. The Morgan fingerprint density at radius 3 is 2.62 bits per heavy atom. The maximum atomic E-state index is 13.1. The van der Waals surface area contributed by atoms with Crippen LogP contribution in [0.4, 0.5) is 5.82 Å². The van der Waals surface area contributed by atoms with E-state index in [1.54, 1.807) is 24.3 Å². The van der Waals surface area contributed by atoms with Crippen LogP contribution in [-0.2, 0) is 16.1 Å². The van der Waals surface area contributed by atoms with Crippen molar-refractivity contribution in [3.63, 3.8) is 0 Å². The Hall–Kier alpha value is -4.21. The van der Waals surface area contributed by atoms with E-state index < -0.39 is 6.04 Å². The van der Waals surface area contributed by atoms with Crippen LogP contribution in [0, 0.1) is 0 Å². The lowest BCUT2D eigenvalue weighted by Crippen LogP contribution is -2.27. The molecule has 2 N–H and O–H groups in total. The lowest BCUT2D eigenvalue weighted by Gasteiger charge is -2.19. The van der Waals surface area contributed by atoms with Crippen molar-refractivity contribution in [1.29, 1.82) is 0 Å². The molecule has 3 aromatic carbocycles. The number of fused-ring (bicyclic) bond motifs is 2. The van der Waals surface area contributed by atoms with Crippen molar-refractivity contribution in [1.82, 2.24) is 24.8 Å². The maximum Gasteiger partial charge on any atom is 0.306 e. The van der Waals surface area contributed by atoms with Gasteiger partial charge in [0.2, 0.25) is 0 Å². The second-order valence-electron chi connectivity index (χ2n) is 10.2. The van der Waals surface area contributed by atoms with Crippen LogP contribution in [0.3, 0.4) is 0 Å². The molecule has 9 nitrogen and oxygen atoms in total. The topological polar surface area (TPSA) is 113 Å². The van der Waals surface area contributed by atoms with Gasteiger partial charge in [0.1, 0.15) is 24.6 Å². The molecule has 0 saturated carbocycles. The van der Waals surface area contributed by atoms with E-state index in [9.17, 15) is 9.59 Å². The standard InChI is InChI=1S/C31H28Cl2N6O3/c32-20-8-9-24-27(14-20)38-30(36-24)25(10-11-28(40)42-17-19-6-2-1-3-7-19)37-29-22-15-23(33)21(16-26(22)34-18-35-29)31(41)39-12-4-5-13-39/h1-3,6-9,14-16,18,25H,4-5,10-13,17H2,(H,36,38)(H,34,35,37). The molecule has 1 atom stereocenters. The highest BCUT2D eigenvalue weighted by Crippen LogP contribution is 2.32. The predicted octanol–water partition coefficient (Wildman–Crippen LogP) is 6.73. The molecule has 0 aliphatic carbocycles. The van der Waals surface area contributed by atoms with Crippen molar-refractivity contribution in [2.24, 2.45) is 0 Å². The first-order chi connectivity index (χ1) is 20.4. The number of nitrogens with zero attached hydrogens (tertiary/aromatic N) is 4. The molecule has 6 rings (SSSR count). The largest absolute Gasteiger partial charge is 0.461 e. The molecule has 1 fully saturated rings. The number of esters is 1. The quantitative estimate of drug-likeness (QED) is 0.180. The number of ether oxygens (including phenoxy) is 1. The van der Waals surface area contributed by atoms with Crippen LogP contribution in [0.1, 0.15) is 53.5 Å². The molecule has 1 aliphatic heterocycles. The number of aromatic nitrogens is 4. The third-order valence-corrected chi connectivity index (χ3v) is 7.88. The van der Waals surface area contributed by atoms with Crippen LogP contribution in [0.5, 0.6) is 0 Å². The van der Waals surface area contributed by atoms with Crippen LogP contribution >= 0.6 is 23.2 Å². The number of carbonyl (C=O) groups is 2. The Bertz CT molecular complexity index is 1750. The molecular weight excluding hydrogens is 575 g/mol. The van der Waals surface area contributed by atoms with Gasteiger partial charge < -0.3 is 19.9 Å². The molecule has 0 bridgehead atoms. The molecule has 0 spiro atoms. The summed E-state index contributed by atoms with van der Waals surface area (Å²) in [4.78, 5) is 44.6. The minimum atomic E-state index is -0.441. The first-order valence-corrected chi connectivity index (χ1v) is 14.5. The molecule has 1 aliphatic rings. The summed E-state index contributed by atoms with van der Waals surface area (Å²) in [6.45, 7) is 1.65. The van der Waals surface area contributed by atoms with Gasteiger partial charge in [0.25, 0.3) is 5.91 Å². The Morgan fingerprint density at radius 2 is 1.81 bits per heavy atom. The van der Waals surface area contributed by atoms with E-state index in [0.717, 1.165) is 42.5 Å². The fraction of sp³-hybridized carbons (Fsp3) is 0.258. The van der Waals surface area contributed by atoms with E-state index in [2.05, 4.69) is 20.3 Å². The third-order valence-electron chi connectivity index (χ3n) is 7.33. The van der Waals surface area contributed by atoms with Gasteiger partial charge >= 0.3 is 5.97 Å². The fourth-order valence-electron chi connectivity index (χ4n) is 5.13. The predicted molar refractivity (Wildman–Crippen MR) is 163 cm³/mol. The van der Waals surface area contributed by atoms with Gasteiger partial charge in [-0.15, -0.1) is 0 Å². The Morgan fingerprint density at radius 1 is 1.00 bits per heavy atom. The van der Waals surface area contributed by atoms with Gasteiger partial charge in [-0.3, -0.25) is 9.59 Å². The highest BCUT2D eigenvalue weighted by molar-refractivity contribution is 6.35. The number of hydrogen-bond donors (Lipinski definition) is 2. The zero-order valence-electron chi connectivity index (χ0n) is 22.6. The van der Waals surface area contributed by atoms with Gasteiger partial charge in [-0.2, -0.15) is 0 Å². The summed E-state index contributed by atoms with van der Waals surface area (Å²) in [6, 6.07) is 17.9. The summed E-state index contributed by atoms with van der Waals surface area (Å²) < 4.78 is 5.51. The van der Waals surface area contributed by atoms with Crippen molar-refractivity contribution in [2.75, 3.05) is 18.4 Å². The smallest absolute Gasteiger partial charge is 0.306 e. The van der Waals surface area contributed by atoms with Gasteiger partial charge in [0.05, 0.1) is 33.2 Å². The van der Waals surface area contributed by atoms with Crippen LogP contribution in [0.2, 0.25) is 10.0 Å². The van der Waals surface area contributed by atoms with Crippen molar-refractivity contribution in [3.8, 4) is 0 Å². The maximum absolute atomic E-state index is 13.1. The number of hydrogen-bond acceptors (Lipinski definition) is 7. The molecule has 0 radical (unpaired) electrons. The van der Waals surface area contributed by atoms with E-state index in [0.29, 0.717) is 44.6 Å². The van der Waals surface area contributed by atoms with E-state index in [1.807, 2.05) is 41.3 Å². The first kappa shape index (κ1) is 27.9. The minimum Gasteiger partial charge on any atom is -0.461 e. The highest BCUT2D eigenvalue weighted by Gasteiger charge is 2.24. The normalized spacial score (nSPS) is 13.9. The van der Waals surface area contributed by atoms with E-state index in [1.165, 1.54) is 6.33 Å². The first-order valence-electron chi connectivity index (χ1n) is 13.8. The summed E-state index contributed by atoms with van der Waals surface area (Å²) in [6.07, 6.45) is 3.92. The average Bonchev–Trinajstić information content (AvgIpc) is 3.69. The average molecular weight is 604 g/mol. The van der Waals surface area contributed by atoms with Gasteiger partial charge in [-0.1, -0.05) is 53.5 Å². The van der Waals surface area contributed by atoms with Crippen LogP contribution < -0.4 is 5.32 Å². The summed E-state index contributed by atoms with van der Waals surface area (Å²) in [5.41, 5.74) is 3.44. The SMILES string of the molecule is O=C(CCC(Nc1ncnc2cc(C(=O)N3CCCC3)c(Cl)cc12)c1nc2ccc(Cl)cc2[nH]1)OCc1ccccc1. The third kappa shape index (κ3) is 6.17. The van der Waals surface area contributed by atoms with Gasteiger partial charge in [0, 0.05) is 29.9 Å². The Labute approximate surface area is 252 Å². The molecule has 11 heteroatoms. The van der Waals surface area contributed by atoms with Crippen molar-refractivity contribution in [3.05, 3.63) is 94.0 Å². The number of imidazole rings is 1. The van der Waals surface area contributed by atoms with Crippen LogP contribution in [0.15, 0.2) is 67.0 Å². The highest BCUT2D eigenvalue weighted by atomic mass is 35.5. The number of halogens is 2. The van der Waals surface area contributed by atoms with Crippen molar-refractivity contribution < 1.29 is 14.3 Å². The fourth-order valence-corrected chi connectivity index (χ4v) is 5.54. The molecule has 214 valence electrons. The second kappa shape index (κ2) is 12.3. The molecule has 1 saturated heterocycles. The zero-order chi connectivity index (χ0) is 29.1. The number of amides is 1. The van der Waals surface area contributed by atoms with E-state index >= 15 is 0 Å². The number of likely N-dealkylation sites (tertiary alicyclic amines) is 1. The number of anilines is 1.